The van der Waals surface area contributed by atoms with Crippen LogP contribution in [0.15, 0.2) is 0 Å². The van der Waals surface area contributed by atoms with E-state index in [1.54, 1.807) is 0 Å². The average molecular weight is 279 g/mol. The van der Waals surface area contributed by atoms with E-state index in [4.69, 9.17) is 0 Å². The normalized spacial score (nSPS) is 36.6. The quantitative estimate of drug-likeness (QED) is 0.780. The number of likely N-dealkylation sites (tertiary alicyclic amines) is 1. The van der Waals surface area contributed by atoms with Crippen molar-refractivity contribution in [1.29, 1.82) is 0 Å². The third kappa shape index (κ3) is 3.05. The molecular formula is C17H33N3. The summed E-state index contributed by atoms with van der Waals surface area (Å²) in [5.74, 6) is 2.01. The molecule has 20 heavy (non-hydrogen) atoms. The Morgan fingerprint density at radius 2 is 1.60 bits per heavy atom. The Hall–Kier alpha value is -0.120. The molecule has 0 bridgehead atoms. The molecule has 0 spiro atoms. The van der Waals surface area contributed by atoms with Crippen LogP contribution in [0.3, 0.4) is 0 Å². The van der Waals surface area contributed by atoms with Gasteiger partial charge in [0, 0.05) is 50.8 Å². The van der Waals surface area contributed by atoms with Crippen molar-refractivity contribution in [3.8, 4) is 0 Å². The fraction of sp³-hybridized carbons (Fsp3) is 1.00. The summed E-state index contributed by atoms with van der Waals surface area (Å²) in [5.41, 5.74) is 0. The molecule has 3 unspecified atom stereocenters. The number of piperidine rings is 1. The van der Waals surface area contributed by atoms with Crippen LogP contribution in [0.25, 0.3) is 0 Å². The van der Waals surface area contributed by atoms with Crippen LogP contribution in [0.2, 0.25) is 0 Å². The number of rotatable bonds is 4. The maximum atomic E-state index is 2.75. The molecule has 1 saturated carbocycles. The molecule has 0 aromatic rings. The molecule has 3 rings (SSSR count). The highest BCUT2D eigenvalue weighted by Gasteiger charge is 2.50. The molecule has 2 aliphatic heterocycles. The molecule has 3 fully saturated rings. The summed E-state index contributed by atoms with van der Waals surface area (Å²) in [4.78, 5) is 8.11. The predicted molar refractivity (Wildman–Crippen MR) is 85.0 cm³/mol. The van der Waals surface area contributed by atoms with Crippen molar-refractivity contribution in [2.24, 2.45) is 11.8 Å². The van der Waals surface area contributed by atoms with Crippen molar-refractivity contribution >= 4 is 0 Å². The van der Waals surface area contributed by atoms with Crippen molar-refractivity contribution < 1.29 is 0 Å². The number of fused-ring (bicyclic) bond motifs is 1. The molecule has 2 saturated heterocycles. The molecule has 1 aliphatic carbocycles. The standard InChI is InChI=1S/C17H33N3/c1-13(2)19-9-7-18(8-10-19)12-15-5-6-20(14(3)4)17-11-16(15)17/h13-17H,5-12H2,1-4H3. The van der Waals surface area contributed by atoms with Crippen LogP contribution in [0.5, 0.6) is 0 Å². The fourth-order valence-corrected chi connectivity index (χ4v) is 4.44. The maximum Gasteiger partial charge on any atom is 0.0133 e. The molecule has 3 atom stereocenters. The van der Waals surface area contributed by atoms with Crippen LogP contribution in [-0.2, 0) is 0 Å². The van der Waals surface area contributed by atoms with Gasteiger partial charge in [0.15, 0.2) is 0 Å². The minimum atomic E-state index is 0.722. The third-order valence-corrected chi connectivity index (χ3v) is 5.89. The second kappa shape index (κ2) is 5.94. The van der Waals surface area contributed by atoms with Crippen molar-refractivity contribution in [1.82, 2.24) is 14.7 Å². The van der Waals surface area contributed by atoms with Crippen LogP contribution >= 0.6 is 0 Å². The molecule has 3 aliphatic rings. The molecule has 0 aromatic carbocycles. The Kier molecular flexibility index (Phi) is 4.40. The van der Waals surface area contributed by atoms with Gasteiger partial charge >= 0.3 is 0 Å². The minimum Gasteiger partial charge on any atom is -0.301 e. The van der Waals surface area contributed by atoms with Crippen LogP contribution in [-0.4, -0.2) is 72.1 Å². The van der Waals surface area contributed by atoms with E-state index < -0.39 is 0 Å². The molecule has 2 heterocycles. The Bertz CT molecular complexity index is 320. The topological polar surface area (TPSA) is 9.72 Å². The van der Waals surface area contributed by atoms with Crippen molar-refractivity contribution in [2.45, 2.75) is 58.7 Å². The smallest absolute Gasteiger partial charge is 0.0133 e. The van der Waals surface area contributed by atoms with Gasteiger partial charge in [0.25, 0.3) is 0 Å². The largest absolute Gasteiger partial charge is 0.301 e. The lowest BCUT2D eigenvalue weighted by atomic mass is 9.94. The monoisotopic (exact) mass is 279 g/mol. The SMILES string of the molecule is CC(C)N1CCN(CC2CCN(C(C)C)C3CC23)CC1. The Labute approximate surface area is 125 Å². The summed E-state index contributed by atoms with van der Waals surface area (Å²) >= 11 is 0. The summed E-state index contributed by atoms with van der Waals surface area (Å²) in [6, 6.07) is 2.41. The van der Waals surface area contributed by atoms with E-state index in [2.05, 4.69) is 42.4 Å². The number of hydrogen-bond acceptors (Lipinski definition) is 3. The first-order chi connectivity index (χ1) is 9.56. The lowest BCUT2D eigenvalue weighted by Crippen LogP contribution is -2.51. The van der Waals surface area contributed by atoms with Gasteiger partial charge in [-0.1, -0.05) is 0 Å². The van der Waals surface area contributed by atoms with Crippen molar-refractivity contribution in [2.75, 3.05) is 39.3 Å². The first kappa shape index (κ1) is 14.8. The van der Waals surface area contributed by atoms with Gasteiger partial charge < -0.3 is 4.90 Å². The predicted octanol–water partition coefficient (Wildman–Crippen LogP) is 2.13. The van der Waals surface area contributed by atoms with E-state index in [-0.39, 0.29) is 0 Å². The molecule has 116 valence electrons. The van der Waals surface area contributed by atoms with Gasteiger partial charge in [-0.3, -0.25) is 9.80 Å². The minimum absolute atomic E-state index is 0.722. The van der Waals surface area contributed by atoms with Gasteiger partial charge in [-0.2, -0.15) is 0 Å². The zero-order valence-electron chi connectivity index (χ0n) is 13.9. The zero-order chi connectivity index (χ0) is 14.3. The number of hydrogen-bond donors (Lipinski definition) is 0. The average Bonchev–Trinajstić information content (AvgIpc) is 3.19. The van der Waals surface area contributed by atoms with Crippen molar-refractivity contribution in [3.05, 3.63) is 0 Å². The van der Waals surface area contributed by atoms with Gasteiger partial charge in [-0.15, -0.1) is 0 Å². The van der Waals surface area contributed by atoms with E-state index in [9.17, 15) is 0 Å². The van der Waals surface area contributed by atoms with Gasteiger partial charge in [0.05, 0.1) is 0 Å². The van der Waals surface area contributed by atoms with Gasteiger partial charge in [0.1, 0.15) is 0 Å². The molecule has 0 amide bonds. The van der Waals surface area contributed by atoms with E-state index in [0.29, 0.717) is 0 Å². The van der Waals surface area contributed by atoms with E-state index in [1.165, 1.54) is 52.1 Å². The summed E-state index contributed by atoms with van der Waals surface area (Å²) in [5, 5.41) is 0. The van der Waals surface area contributed by atoms with Crippen LogP contribution in [0.1, 0.15) is 40.5 Å². The van der Waals surface area contributed by atoms with E-state index >= 15 is 0 Å². The summed E-state index contributed by atoms with van der Waals surface area (Å²) in [6.45, 7) is 17.2. The number of piperazine rings is 1. The Morgan fingerprint density at radius 1 is 0.900 bits per heavy atom. The highest BCUT2D eigenvalue weighted by atomic mass is 15.3. The van der Waals surface area contributed by atoms with Gasteiger partial charge in [-0.25, -0.2) is 0 Å². The maximum absolute atomic E-state index is 2.75. The highest BCUT2D eigenvalue weighted by molar-refractivity contribution is 5.04. The molecule has 0 radical (unpaired) electrons. The van der Waals surface area contributed by atoms with E-state index in [1.807, 2.05) is 0 Å². The van der Waals surface area contributed by atoms with Gasteiger partial charge in [0.2, 0.25) is 0 Å². The third-order valence-electron chi connectivity index (χ3n) is 5.89. The van der Waals surface area contributed by atoms with Crippen molar-refractivity contribution in [3.63, 3.8) is 0 Å². The summed E-state index contributed by atoms with van der Waals surface area (Å²) in [7, 11) is 0. The molecule has 0 N–H and O–H groups in total. The second-order valence-corrected chi connectivity index (χ2v) is 7.78. The molecule has 0 aromatic heterocycles. The Balaban J connectivity index is 1.45. The van der Waals surface area contributed by atoms with Crippen LogP contribution in [0.4, 0.5) is 0 Å². The summed E-state index contributed by atoms with van der Waals surface area (Å²) in [6.07, 6.45) is 2.92. The first-order valence-corrected chi connectivity index (χ1v) is 8.78. The van der Waals surface area contributed by atoms with Gasteiger partial charge in [-0.05, 0) is 58.9 Å². The molecule has 3 nitrogen and oxygen atoms in total. The highest BCUT2D eigenvalue weighted by Crippen LogP contribution is 2.47. The Morgan fingerprint density at radius 3 is 2.20 bits per heavy atom. The second-order valence-electron chi connectivity index (χ2n) is 7.78. The molecule has 3 heteroatoms. The fourth-order valence-electron chi connectivity index (χ4n) is 4.44. The molecular weight excluding hydrogens is 246 g/mol. The number of nitrogens with zero attached hydrogens (tertiary/aromatic N) is 3. The first-order valence-electron chi connectivity index (χ1n) is 8.78. The zero-order valence-corrected chi connectivity index (χ0v) is 13.9. The van der Waals surface area contributed by atoms with Crippen LogP contribution in [0, 0.1) is 11.8 Å². The summed E-state index contributed by atoms with van der Waals surface area (Å²) < 4.78 is 0. The lowest BCUT2D eigenvalue weighted by molar-refractivity contribution is 0.0727. The lowest BCUT2D eigenvalue weighted by Gasteiger charge is -2.40. The van der Waals surface area contributed by atoms with Crippen LogP contribution < -0.4 is 0 Å². The van der Waals surface area contributed by atoms with E-state index in [0.717, 1.165) is 30.0 Å².